The van der Waals surface area contributed by atoms with Crippen molar-refractivity contribution in [1.82, 2.24) is 0 Å². The Kier molecular flexibility index (Phi) is 3.91. The van der Waals surface area contributed by atoms with Gasteiger partial charge in [0, 0.05) is 12.2 Å². The van der Waals surface area contributed by atoms with Gasteiger partial charge in [-0.2, -0.15) is 0 Å². The molecule has 0 saturated heterocycles. The monoisotopic (exact) mass is 267 g/mol. The lowest BCUT2D eigenvalue weighted by atomic mass is 9.98. The highest BCUT2D eigenvalue weighted by atomic mass is 16.5. The third-order valence-corrected chi connectivity index (χ3v) is 3.88. The first-order chi connectivity index (χ1) is 9.84. The van der Waals surface area contributed by atoms with Gasteiger partial charge in [-0.15, -0.1) is 0 Å². The third kappa shape index (κ3) is 2.79. The number of aryl methyl sites for hydroxylation is 2. The predicted molar refractivity (Wildman–Crippen MR) is 83.7 cm³/mol. The fraction of sp³-hybridized carbons (Fsp3) is 0.333. The molecule has 1 heterocycles. The van der Waals surface area contributed by atoms with E-state index < -0.39 is 0 Å². The van der Waals surface area contributed by atoms with Crippen molar-refractivity contribution in [3.63, 3.8) is 0 Å². The summed E-state index contributed by atoms with van der Waals surface area (Å²) >= 11 is 0. The largest absolute Gasteiger partial charge is 0.492 e. The van der Waals surface area contributed by atoms with E-state index in [0.717, 1.165) is 25.4 Å². The molecule has 1 aliphatic heterocycles. The van der Waals surface area contributed by atoms with Crippen LogP contribution in [0.15, 0.2) is 48.5 Å². The first kappa shape index (κ1) is 13.0. The van der Waals surface area contributed by atoms with Gasteiger partial charge in [0.1, 0.15) is 12.4 Å². The van der Waals surface area contributed by atoms with Crippen LogP contribution in [0, 0.1) is 6.92 Å². The lowest BCUT2D eigenvalue weighted by molar-refractivity contribution is 0.322. The van der Waals surface area contributed by atoms with E-state index in [9.17, 15) is 0 Å². The normalized spacial score (nSPS) is 13.9. The van der Waals surface area contributed by atoms with Crippen LogP contribution >= 0.6 is 0 Å². The molecule has 0 unspecified atom stereocenters. The summed E-state index contributed by atoms with van der Waals surface area (Å²) in [4.78, 5) is 2.47. The average molecular weight is 267 g/mol. The number of fused-ring (bicyclic) bond motifs is 1. The molecule has 0 fully saturated rings. The fourth-order valence-electron chi connectivity index (χ4n) is 2.96. The number of anilines is 1. The zero-order valence-electron chi connectivity index (χ0n) is 12.0. The standard InChI is InChI=1S/C18H21NO/c1-15-7-5-8-16-9-6-12-19(18(15)16)13-14-20-17-10-3-2-4-11-17/h2-5,7-8,10-11H,6,9,12-14H2,1H3. The van der Waals surface area contributed by atoms with Gasteiger partial charge in [0.25, 0.3) is 0 Å². The Morgan fingerprint density at radius 2 is 1.90 bits per heavy atom. The molecule has 0 aromatic heterocycles. The van der Waals surface area contributed by atoms with Gasteiger partial charge >= 0.3 is 0 Å². The summed E-state index contributed by atoms with van der Waals surface area (Å²) in [6, 6.07) is 16.7. The molecule has 20 heavy (non-hydrogen) atoms. The van der Waals surface area contributed by atoms with Crippen LogP contribution in [0.4, 0.5) is 5.69 Å². The SMILES string of the molecule is Cc1cccc2c1N(CCOc1ccccc1)CCC2. The molecule has 2 heteroatoms. The Bertz CT molecular complexity index is 565. The second-order valence-corrected chi connectivity index (χ2v) is 5.33. The van der Waals surface area contributed by atoms with Gasteiger partial charge < -0.3 is 9.64 Å². The van der Waals surface area contributed by atoms with E-state index in [1.165, 1.54) is 29.7 Å². The van der Waals surface area contributed by atoms with Gasteiger partial charge in [0.05, 0.1) is 6.54 Å². The van der Waals surface area contributed by atoms with E-state index in [2.05, 4.69) is 30.0 Å². The van der Waals surface area contributed by atoms with Crippen LogP contribution in [-0.4, -0.2) is 19.7 Å². The molecule has 0 spiro atoms. The van der Waals surface area contributed by atoms with Crippen molar-refractivity contribution in [3.8, 4) is 5.75 Å². The Morgan fingerprint density at radius 3 is 2.75 bits per heavy atom. The molecular weight excluding hydrogens is 246 g/mol. The number of hydrogen-bond acceptors (Lipinski definition) is 2. The molecular formula is C18H21NO. The molecule has 0 aliphatic carbocycles. The molecule has 0 atom stereocenters. The summed E-state index contributed by atoms with van der Waals surface area (Å²) in [6.07, 6.45) is 2.44. The lowest BCUT2D eigenvalue weighted by Crippen LogP contribution is -2.33. The van der Waals surface area contributed by atoms with E-state index in [1.807, 2.05) is 30.3 Å². The quantitative estimate of drug-likeness (QED) is 0.835. The molecule has 0 bridgehead atoms. The number of benzene rings is 2. The Hall–Kier alpha value is -1.96. The number of nitrogens with zero attached hydrogens (tertiary/aromatic N) is 1. The molecule has 0 radical (unpaired) electrons. The van der Waals surface area contributed by atoms with Crippen molar-refractivity contribution in [3.05, 3.63) is 59.7 Å². The fourth-order valence-corrected chi connectivity index (χ4v) is 2.96. The number of ether oxygens (including phenoxy) is 1. The summed E-state index contributed by atoms with van der Waals surface area (Å²) in [5, 5.41) is 0. The highest BCUT2D eigenvalue weighted by molar-refractivity contribution is 5.60. The Balaban J connectivity index is 1.65. The third-order valence-electron chi connectivity index (χ3n) is 3.88. The molecule has 104 valence electrons. The number of hydrogen-bond donors (Lipinski definition) is 0. The van der Waals surface area contributed by atoms with Gasteiger partial charge in [-0.05, 0) is 43.0 Å². The van der Waals surface area contributed by atoms with Crippen molar-refractivity contribution in [2.45, 2.75) is 19.8 Å². The van der Waals surface area contributed by atoms with Gasteiger partial charge in [-0.1, -0.05) is 36.4 Å². The van der Waals surface area contributed by atoms with E-state index in [1.54, 1.807) is 0 Å². The van der Waals surface area contributed by atoms with E-state index >= 15 is 0 Å². The van der Waals surface area contributed by atoms with Gasteiger partial charge in [-0.25, -0.2) is 0 Å². The van der Waals surface area contributed by atoms with Crippen molar-refractivity contribution in [1.29, 1.82) is 0 Å². The van der Waals surface area contributed by atoms with Crippen molar-refractivity contribution >= 4 is 5.69 Å². The van der Waals surface area contributed by atoms with Gasteiger partial charge in [0.15, 0.2) is 0 Å². The van der Waals surface area contributed by atoms with Crippen LogP contribution in [0.3, 0.4) is 0 Å². The second-order valence-electron chi connectivity index (χ2n) is 5.33. The first-order valence-corrected chi connectivity index (χ1v) is 7.36. The Morgan fingerprint density at radius 1 is 1.05 bits per heavy atom. The maximum absolute atomic E-state index is 5.82. The van der Waals surface area contributed by atoms with Crippen LogP contribution in [0.2, 0.25) is 0 Å². The summed E-state index contributed by atoms with van der Waals surface area (Å²) in [5.41, 5.74) is 4.29. The Labute approximate surface area is 121 Å². The predicted octanol–water partition coefficient (Wildman–Crippen LogP) is 3.83. The van der Waals surface area contributed by atoms with Crippen LogP contribution in [-0.2, 0) is 6.42 Å². The minimum absolute atomic E-state index is 0.734. The number of rotatable bonds is 4. The summed E-state index contributed by atoms with van der Waals surface area (Å²) in [7, 11) is 0. The van der Waals surface area contributed by atoms with Crippen molar-refractivity contribution in [2.24, 2.45) is 0 Å². The second kappa shape index (κ2) is 6.00. The maximum Gasteiger partial charge on any atom is 0.119 e. The van der Waals surface area contributed by atoms with Crippen LogP contribution in [0.5, 0.6) is 5.75 Å². The summed E-state index contributed by atoms with van der Waals surface area (Å²) < 4.78 is 5.82. The molecule has 0 saturated carbocycles. The van der Waals surface area contributed by atoms with E-state index in [0.29, 0.717) is 0 Å². The zero-order chi connectivity index (χ0) is 13.8. The molecule has 0 amide bonds. The van der Waals surface area contributed by atoms with Gasteiger partial charge in [-0.3, -0.25) is 0 Å². The molecule has 2 aromatic rings. The van der Waals surface area contributed by atoms with Crippen molar-refractivity contribution < 1.29 is 4.74 Å². The summed E-state index contributed by atoms with van der Waals surface area (Å²) in [6.45, 7) is 5.02. The highest BCUT2D eigenvalue weighted by Gasteiger charge is 2.18. The maximum atomic E-state index is 5.82. The van der Waals surface area contributed by atoms with Crippen LogP contribution in [0.1, 0.15) is 17.5 Å². The van der Waals surface area contributed by atoms with E-state index in [4.69, 9.17) is 4.74 Å². The van der Waals surface area contributed by atoms with Crippen LogP contribution in [0.25, 0.3) is 0 Å². The highest BCUT2D eigenvalue weighted by Crippen LogP contribution is 2.30. The zero-order valence-corrected chi connectivity index (χ0v) is 12.0. The smallest absolute Gasteiger partial charge is 0.119 e. The summed E-state index contributed by atoms with van der Waals surface area (Å²) in [5.74, 6) is 0.953. The van der Waals surface area contributed by atoms with Crippen molar-refractivity contribution in [2.75, 3.05) is 24.6 Å². The minimum atomic E-state index is 0.734. The van der Waals surface area contributed by atoms with Gasteiger partial charge in [0.2, 0.25) is 0 Å². The molecule has 1 aliphatic rings. The lowest BCUT2D eigenvalue weighted by Gasteiger charge is -2.32. The van der Waals surface area contributed by atoms with E-state index in [-0.39, 0.29) is 0 Å². The minimum Gasteiger partial charge on any atom is -0.492 e. The molecule has 2 aromatic carbocycles. The topological polar surface area (TPSA) is 12.5 Å². The average Bonchev–Trinajstić information content (AvgIpc) is 2.49. The number of para-hydroxylation sites is 2. The van der Waals surface area contributed by atoms with Crippen LogP contribution < -0.4 is 9.64 Å². The molecule has 3 rings (SSSR count). The molecule has 0 N–H and O–H groups in total. The molecule has 2 nitrogen and oxygen atoms in total. The first-order valence-electron chi connectivity index (χ1n) is 7.36.